The van der Waals surface area contributed by atoms with E-state index in [-0.39, 0.29) is 42.3 Å². The highest BCUT2D eigenvalue weighted by Crippen LogP contribution is 2.22. The molecule has 0 aromatic heterocycles. The van der Waals surface area contributed by atoms with Gasteiger partial charge in [-0.25, -0.2) is 0 Å². The van der Waals surface area contributed by atoms with E-state index in [0.29, 0.717) is 36.8 Å². The second-order valence-electron chi connectivity index (χ2n) is 6.70. The van der Waals surface area contributed by atoms with Crippen LogP contribution < -0.4 is 15.4 Å². The van der Waals surface area contributed by atoms with Crippen molar-refractivity contribution in [1.29, 1.82) is 0 Å². The molecular weight excluding hydrogens is 495 g/mol. The summed E-state index contributed by atoms with van der Waals surface area (Å²) >= 11 is 0. The lowest BCUT2D eigenvalue weighted by atomic mass is 10.1. The molecular formula is C22H27IN4O3. The topological polar surface area (TPSA) is 83.0 Å². The third-order valence-corrected chi connectivity index (χ3v) is 4.70. The lowest BCUT2D eigenvalue weighted by Crippen LogP contribution is -2.42. The minimum atomic E-state index is -0.253. The minimum absolute atomic E-state index is 0. The van der Waals surface area contributed by atoms with Crippen molar-refractivity contribution in [3.8, 4) is 5.75 Å². The number of nitrogens with zero attached hydrogens (tertiary/aromatic N) is 2. The molecule has 0 saturated carbocycles. The number of rotatable bonds is 7. The Morgan fingerprint density at radius 2 is 1.73 bits per heavy atom. The molecule has 0 saturated heterocycles. The molecule has 0 spiro atoms. The maximum Gasteiger partial charge on any atom is 0.261 e. The number of carbonyl (C=O) groups excluding carboxylic acids is 2. The van der Waals surface area contributed by atoms with Gasteiger partial charge in [0, 0.05) is 32.2 Å². The fourth-order valence-electron chi connectivity index (χ4n) is 3.23. The van der Waals surface area contributed by atoms with Crippen molar-refractivity contribution in [3.63, 3.8) is 0 Å². The van der Waals surface area contributed by atoms with Crippen LogP contribution in [0.5, 0.6) is 5.75 Å². The summed E-state index contributed by atoms with van der Waals surface area (Å²) in [5.74, 6) is 0.929. The number of aryl methyl sites for hydroxylation is 1. The van der Waals surface area contributed by atoms with Crippen LogP contribution in [0.15, 0.2) is 47.5 Å². The molecule has 2 aromatic rings. The number of guanidine groups is 1. The number of imide groups is 1. The van der Waals surface area contributed by atoms with Gasteiger partial charge in [0.25, 0.3) is 11.8 Å². The van der Waals surface area contributed by atoms with Crippen LogP contribution in [-0.2, 0) is 6.54 Å². The van der Waals surface area contributed by atoms with Gasteiger partial charge in [-0.2, -0.15) is 0 Å². The van der Waals surface area contributed by atoms with E-state index in [0.717, 1.165) is 16.9 Å². The molecule has 2 amide bonds. The van der Waals surface area contributed by atoms with E-state index in [4.69, 9.17) is 4.74 Å². The highest BCUT2D eigenvalue weighted by Gasteiger charge is 2.34. The van der Waals surface area contributed by atoms with Crippen molar-refractivity contribution in [2.24, 2.45) is 4.99 Å². The van der Waals surface area contributed by atoms with E-state index < -0.39 is 0 Å². The number of aliphatic imine (C=N–C) groups is 1. The fraction of sp³-hybridized carbons (Fsp3) is 0.318. The molecule has 0 atom stereocenters. The number of amides is 2. The SMILES string of the molecule is CCOc1cc(C)ccc1CNC(=NC)NCCN1C(=O)c2ccccc2C1=O.I. The summed E-state index contributed by atoms with van der Waals surface area (Å²) in [6.45, 7) is 5.80. The predicted molar refractivity (Wildman–Crippen MR) is 128 cm³/mol. The third kappa shape index (κ3) is 5.29. The van der Waals surface area contributed by atoms with E-state index in [1.807, 2.05) is 32.0 Å². The number of fused-ring (bicyclic) bond motifs is 1. The van der Waals surface area contributed by atoms with E-state index in [9.17, 15) is 9.59 Å². The summed E-state index contributed by atoms with van der Waals surface area (Å²) in [5.41, 5.74) is 3.09. The zero-order valence-corrected chi connectivity index (χ0v) is 19.7. The molecule has 0 bridgehead atoms. The van der Waals surface area contributed by atoms with E-state index >= 15 is 0 Å². The van der Waals surface area contributed by atoms with Crippen LogP contribution in [0.4, 0.5) is 0 Å². The molecule has 0 radical (unpaired) electrons. The fourth-order valence-corrected chi connectivity index (χ4v) is 3.23. The number of benzene rings is 2. The maximum atomic E-state index is 12.4. The average Bonchev–Trinajstić information content (AvgIpc) is 2.97. The second kappa shape index (κ2) is 11.0. The molecule has 160 valence electrons. The van der Waals surface area contributed by atoms with Gasteiger partial charge in [-0.15, -0.1) is 24.0 Å². The summed E-state index contributed by atoms with van der Waals surface area (Å²) in [6, 6.07) is 13.0. The number of hydrogen-bond acceptors (Lipinski definition) is 4. The summed E-state index contributed by atoms with van der Waals surface area (Å²) in [6.07, 6.45) is 0. The molecule has 2 aromatic carbocycles. The Balaban J connectivity index is 0.00000320. The van der Waals surface area contributed by atoms with Gasteiger partial charge in [0.2, 0.25) is 0 Å². The molecule has 0 unspecified atom stereocenters. The first-order valence-electron chi connectivity index (χ1n) is 9.67. The van der Waals surface area contributed by atoms with Gasteiger partial charge >= 0.3 is 0 Å². The summed E-state index contributed by atoms with van der Waals surface area (Å²) in [5, 5.41) is 6.39. The minimum Gasteiger partial charge on any atom is -0.494 e. The average molecular weight is 522 g/mol. The Morgan fingerprint density at radius 3 is 2.33 bits per heavy atom. The normalized spacial score (nSPS) is 13.0. The molecule has 2 N–H and O–H groups in total. The Morgan fingerprint density at radius 1 is 1.07 bits per heavy atom. The summed E-state index contributed by atoms with van der Waals surface area (Å²) in [4.78, 5) is 30.3. The molecule has 1 heterocycles. The molecule has 0 aliphatic carbocycles. The first-order valence-corrected chi connectivity index (χ1v) is 9.67. The zero-order valence-electron chi connectivity index (χ0n) is 17.4. The first-order chi connectivity index (χ1) is 14.0. The van der Waals surface area contributed by atoms with Crippen LogP contribution in [0.1, 0.15) is 38.8 Å². The smallest absolute Gasteiger partial charge is 0.261 e. The lowest BCUT2D eigenvalue weighted by molar-refractivity contribution is 0.0657. The molecule has 7 nitrogen and oxygen atoms in total. The number of ether oxygens (including phenoxy) is 1. The van der Waals surface area contributed by atoms with Crippen molar-refractivity contribution in [1.82, 2.24) is 15.5 Å². The van der Waals surface area contributed by atoms with Crippen LogP contribution in [0, 0.1) is 6.92 Å². The van der Waals surface area contributed by atoms with Crippen LogP contribution in [0.2, 0.25) is 0 Å². The second-order valence-corrected chi connectivity index (χ2v) is 6.70. The van der Waals surface area contributed by atoms with Gasteiger partial charge in [0.15, 0.2) is 5.96 Å². The Labute approximate surface area is 193 Å². The Hall–Kier alpha value is -2.62. The first kappa shape index (κ1) is 23.7. The molecule has 1 aliphatic rings. The van der Waals surface area contributed by atoms with Crippen LogP contribution in [0.3, 0.4) is 0 Å². The zero-order chi connectivity index (χ0) is 20.8. The lowest BCUT2D eigenvalue weighted by Gasteiger charge is -2.17. The number of hydrogen-bond donors (Lipinski definition) is 2. The van der Waals surface area contributed by atoms with Crippen LogP contribution in [0.25, 0.3) is 0 Å². The molecule has 8 heteroatoms. The highest BCUT2D eigenvalue weighted by atomic mass is 127. The van der Waals surface area contributed by atoms with Crippen molar-refractivity contribution in [2.45, 2.75) is 20.4 Å². The third-order valence-electron chi connectivity index (χ3n) is 4.70. The summed E-state index contributed by atoms with van der Waals surface area (Å²) < 4.78 is 5.70. The highest BCUT2D eigenvalue weighted by molar-refractivity contribution is 14.0. The number of halogens is 1. The van der Waals surface area contributed by atoms with E-state index in [1.54, 1.807) is 31.3 Å². The number of nitrogens with one attached hydrogen (secondary N) is 2. The molecule has 1 aliphatic heterocycles. The van der Waals surface area contributed by atoms with Crippen LogP contribution in [-0.4, -0.2) is 49.4 Å². The molecule has 0 fully saturated rings. The predicted octanol–water partition coefficient (Wildman–Crippen LogP) is 2.97. The molecule has 30 heavy (non-hydrogen) atoms. The van der Waals surface area contributed by atoms with E-state index in [2.05, 4.69) is 15.6 Å². The van der Waals surface area contributed by atoms with Crippen molar-refractivity contribution in [3.05, 3.63) is 64.7 Å². The van der Waals surface area contributed by atoms with Gasteiger partial charge in [0.05, 0.1) is 17.7 Å². The quantitative estimate of drug-likeness (QED) is 0.253. The van der Waals surface area contributed by atoms with Crippen molar-refractivity contribution < 1.29 is 14.3 Å². The van der Waals surface area contributed by atoms with Crippen molar-refractivity contribution in [2.75, 3.05) is 26.7 Å². The van der Waals surface area contributed by atoms with Gasteiger partial charge in [-0.3, -0.25) is 19.5 Å². The van der Waals surface area contributed by atoms with Gasteiger partial charge < -0.3 is 15.4 Å². The van der Waals surface area contributed by atoms with Crippen LogP contribution >= 0.6 is 24.0 Å². The maximum absolute atomic E-state index is 12.4. The van der Waals surface area contributed by atoms with Gasteiger partial charge in [-0.05, 0) is 37.6 Å². The molecule has 3 rings (SSSR count). The van der Waals surface area contributed by atoms with E-state index in [1.165, 1.54) is 4.90 Å². The monoisotopic (exact) mass is 522 g/mol. The standard InChI is InChI=1S/C22H26N4O3.HI/c1-4-29-19-13-15(2)9-10-16(19)14-25-22(23-3)24-11-12-26-20(27)17-7-5-6-8-18(17)21(26)28;/h5-10,13H,4,11-12,14H2,1-3H3,(H2,23,24,25);1H. The largest absolute Gasteiger partial charge is 0.494 e. The Bertz CT molecular complexity index is 911. The van der Waals surface area contributed by atoms with Crippen molar-refractivity contribution >= 4 is 41.8 Å². The number of carbonyl (C=O) groups is 2. The Kier molecular flexibility index (Phi) is 8.64. The van der Waals surface area contributed by atoms with Gasteiger partial charge in [0.1, 0.15) is 5.75 Å². The summed E-state index contributed by atoms with van der Waals surface area (Å²) in [7, 11) is 1.68. The van der Waals surface area contributed by atoms with Gasteiger partial charge in [-0.1, -0.05) is 24.3 Å².